The van der Waals surface area contributed by atoms with Crippen LogP contribution in [-0.2, 0) is 20.7 Å². The maximum atomic E-state index is 11.1. The molecule has 1 aromatic rings. The lowest BCUT2D eigenvalue weighted by Crippen LogP contribution is -2.15. The molecule has 0 aromatic carbocycles. The zero-order valence-electron chi connectivity index (χ0n) is 12.9. The minimum atomic E-state index is -0.251. The third-order valence-corrected chi connectivity index (χ3v) is 3.74. The molecule has 10 heteroatoms. The van der Waals surface area contributed by atoms with Crippen LogP contribution >= 0.6 is 24.2 Å². The van der Waals surface area contributed by atoms with Crippen LogP contribution in [0.15, 0.2) is 5.03 Å². The first-order valence-electron chi connectivity index (χ1n) is 6.86. The zero-order valence-corrected chi connectivity index (χ0v) is 14.6. The number of hydrogen-bond donors (Lipinski definition) is 3. The molecule has 0 radical (unpaired) electrons. The summed E-state index contributed by atoms with van der Waals surface area (Å²) >= 11 is 1.04. The Bertz CT molecular complexity index is 581. The molecule has 0 atom stereocenters. The molecule has 1 aromatic heterocycles. The molecule has 1 amide bonds. The van der Waals surface area contributed by atoms with E-state index in [1.165, 1.54) is 6.92 Å². The number of nitrogens with two attached hydrogens (primary N) is 1. The molecule has 1 aliphatic rings. The fourth-order valence-corrected chi connectivity index (χ4v) is 2.81. The highest BCUT2D eigenvalue weighted by Crippen LogP contribution is 2.26. The molecule has 0 saturated carbocycles. The monoisotopic (exact) mass is 361 g/mol. The van der Waals surface area contributed by atoms with Gasteiger partial charge in [-0.25, -0.2) is 9.97 Å². The fourth-order valence-electron chi connectivity index (χ4n) is 2.10. The summed E-state index contributed by atoms with van der Waals surface area (Å²) in [4.78, 5) is 19.7. The standard InChI is InChI=1S/C13H19N5O3S.ClH/c1-7-9(3-4-10-20-5-6-21-10)11(22-12(14)15)18-13(16-7)17-8(2)19;/h10H,3-6H2,1-2H3,(H3,14,15)(H,16,17,18,19);1H. The average molecular weight is 362 g/mol. The Morgan fingerprint density at radius 2 is 2.09 bits per heavy atom. The first-order valence-corrected chi connectivity index (χ1v) is 7.67. The summed E-state index contributed by atoms with van der Waals surface area (Å²) in [5.74, 6) is -0.0375. The van der Waals surface area contributed by atoms with Crippen LogP contribution in [-0.4, -0.2) is 40.5 Å². The highest BCUT2D eigenvalue weighted by Gasteiger charge is 2.19. The Kier molecular flexibility index (Phi) is 7.69. The van der Waals surface area contributed by atoms with Gasteiger partial charge in [0.2, 0.25) is 11.9 Å². The molecule has 0 unspecified atom stereocenters. The summed E-state index contributed by atoms with van der Waals surface area (Å²) in [6, 6.07) is 0. The van der Waals surface area contributed by atoms with Crippen molar-refractivity contribution in [1.82, 2.24) is 9.97 Å². The smallest absolute Gasteiger partial charge is 0.230 e. The summed E-state index contributed by atoms with van der Waals surface area (Å²) in [5, 5.41) is 10.5. The Labute approximate surface area is 144 Å². The summed E-state index contributed by atoms with van der Waals surface area (Å²) in [6.45, 7) is 4.44. The number of amides is 1. The number of amidine groups is 1. The molecular formula is C13H20ClN5O3S. The average Bonchev–Trinajstić information content (AvgIpc) is 2.89. The number of hydrogen-bond acceptors (Lipinski definition) is 7. The summed E-state index contributed by atoms with van der Waals surface area (Å²) in [7, 11) is 0. The Balaban J connectivity index is 0.00000264. The van der Waals surface area contributed by atoms with Crippen molar-refractivity contribution in [1.29, 1.82) is 5.41 Å². The van der Waals surface area contributed by atoms with E-state index < -0.39 is 0 Å². The molecule has 23 heavy (non-hydrogen) atoms. The fraction of sp³-hybridized carbons (Fsp3) is 0.538. The van der Waals surface area contributed by atoms with Gasteiger partial charge in [0.1, 0.15) is 5.03 Å². The third kappa shape index (κ3) is 5.94. The van der Waals surface area contributed by atoms with Crippen LogP contribution in [0.5, 0.6) is 0 Å². The normalized spacial score (nSPS) is 14.3. The minimum absolute atomic E-state index is 0. The van der Waals surface area contributed by atoms with Crippen LogP contribution in [0.4, 0.5) is 5.95 Å². The highest BCUT2D eigenvalue weighted by atomic mass is 35.5. The topological polar surface area (TPSA) is 123 Å². The largest absolute Gasteiger partial charge is 0.378 e. The second-order valence-electron chi connectivity index (χ2n) is 4.77. The van der Waals surface area contributed by atoms with Gasteiger partial charge < -0.3 is 15.2 Å². The summed E-state index contributed by atoms with van der Waals surface area (Å²) < 4.78 is 10.8. The number of ether oxygens (including phenoxy) is 2. The second kappa shape index (κ2) is 9.02. The van der Waals surface area contributed by atoms with Crippen LogP contribution in [0.2, 0.25) is 0 Å². The SMILES string of the molecule is CC(=O)Nc1nc(C)c(CCC2OCCO2)c(SC(=N)N)n1.Cl. The number of aromatic nitrogens is 2. The van der Waals surface area contributed by atoms with Gasteiger partial charge in [-0.15, -0.1) is 12.4 Å². The summed E-state index contributed by atoms with van der Waals surface area (Å²) in [6.07, 6.45) is 1.10. The number of aryl methyl sites for hydroxylation is 1. The number of carbonyl (C=O) groups excluding carboxylic acids is 1. The molecule has 0 aliphatic carbocycles. The van der Waals surface area contributed by atoms with Gasteiger partial charge in [-0.2, -0.15) is 0 Å². The lowest BCUT2D eigenvalue weighted by molar-refractivity contribution is -0.114. The number of rotatable bonds is 5. The van der Waals surface area contributed by atoms with Gasteiger partial charge in [0, 0.05) is 24.6 Å². The van der Waals surface area contributed by atoms with Crippen molar-refractivity contribution in [3.63, 3.8) is 0 Å². The second-order valence-corrected chi connectivity index (χ2v) is 5.80. The first-order chi connectivity index (χ1) is 10.5. The van der Waals surface area contributed by atoms with Gasteiger partial charge in [-0.3, -0.25) is 15.5 Å². The lowest BCUT2D eigenvalue weighted by atomic mass is 10.1. The number of carbonyl (C=O) groups is 1. The van der Waals surface area contributed by atoms with Gasteiger partial charge in [0.25, 0.3) is 0 Å². The minimum Gasteiger partial charge on any atom is -0.378 e. The van der Waals surface area contributed by atoms with Crippen molar-refractivity contribution >= 4 is 41.2 Å². The molecule has 2 rings (SSSR count). The predicted molar refractivity (Wildman–Crippen MR) is 90.1 cm³/mol. The van der Waals surface area contributed by atoms with Crippen LogP contribution < -0.4 is 11.1 Å². The van der Waals surface area contributed by atoms with Crippen molar-refractivity contribution < 1.29 is 14.3 Å². The third-order valence-electron chi connectivity index (χ3n) is 2.99. The number of thioether (sulfide) groups is 1. The number of nitrogens with zero attached hydrogens (tertiary/aromatic N) is 2. The van der Waals surface area contributed by atoms with Crippen molar-refractivity contribution in [2.45, 2.75) is 38.0 Å². The molecule has 128 valence electrons. The molecule has 0 bridgehead atoms. The van der Waals surface area contributed by atoms with E-state index in [9.17, 15) is 4.79 Å². The van der Waals surface area contributed by atoms with Crippen molar-refractivity contribution in [2.75, 3.05) is 18.5 Å². The van der Waals surface area contributed by atoms with E-state index in [0.717, 1.165) is 23.0 Å². The van der Waals surface area contributed by atoms with Gasteiger partial charge in [0.05, 0.1) is 13.2 Å². The zero-order chi connectivity index (χ0) is 16.1. The predicted octanol–water partition coefficient (Wildman–Crippen LogP) is 1.46. The van der Waals surface area contributed by atoms with Crippen molar-refractivity contribution in [2.24, 2.45) is 5.73 Å². The van der Waals surface area contributed by atoms with Crippen LogP contribution in [0.1, 0.15) is 24.6 Å². The molecule has 1 saturated heterocycles. The van der Waals surface area contributed by atoms with Crippen molar-refractivity contribution in [3.8, 4) is 0 Å². The van der Waals surface area contributed by atoms with E-state index >= 15 is 0 Å². The molecule has 1 fully saturated rings. The highest BCUT2D eigenvalue weighted by molar-refractivity contribution is 8.13. The van der Waals surface area contributed by atoms with Gasteiger partial charge in [0.15, 0.2) is 11.5 Å². The first kappa shape index (κ1) is 19.6. The molecule has 4 N–H and O–H groups in total. The molecule has 1 aliphatic heterocycles. The van der Waals surface area contributed by atoms with Crippen molar-refractivity contribution in [3.05, 3.63) is 11.3 Å². The van der Waals surface area contributed by atoms with Crippen LogP contribution in [0.25, 0.3) is 0 Å². The van der Waals surface area contributed by atoms with Crippen LogP contribution in [0, 0.1) is 12.3 Å². The quantitative estimate of drug-likeness (QED) is 0.314. The molecule has 2 heterocycles. The molecule has 0 spiro atoms. The van der Waals surface area contributed by atoms with E-state index in [2.05, 4.69) is 15.3 Å². The maximum absolute atomic E-state index is 11.1. The van der Waals surface area contributed by atoms with Gasteiger partial charge in [-0.1, -0.05) is 0 Å². The number of anilines is 1. The number of nitrogens with one attached hydrogen (secondary N) is 2. The van der Waals surface area contributed by atoms with Crippen LogP contribution in [0.3, 0.4) is 0 Å². The Hall–Kier alpha value is -1.42. The lowest BCUT2D eigenvalue weighted by Gasteiger charge is -2.14. The molecule has 8 nitrogen and oxygen atoms in total. The van der Waals surface area contributed by atoms with E-state index in [1.807, 2.05) is 6.92 Å². The Morgan fingerprint density at radius 3 is 2.65 bits per heavy atom. The van der Waals surface area contributed by atoms with E-state index in [4.69, 9.17) is 20.6 Å². The Morgan fingerprint density at radius 1 is 1.43 bits per heavy atom. The van der Waals surface area contributed by atoms with Gasteiger partial charge >= 0.3 is 0 Å². The van der Waals surface area contributed by atoms with E-state index in [1.54, 1.807) is 0 Å². The summed E-state index contributed by atoms with van der Waals surface area (Å²) in [5.41, 5.74) is 7.08. The van der Waals surface area contributed by atoms with E-state index in [-0.39, 0.29) is 35.7 Å². The maximum Gasteiger partial charge on any atom is 0.230 e. The van der Waals surface area contributed by atoms with Gasteiger partial charge in [-0.05, 0) is 25.1 Å². The number of halogens is 1. The van der Waals surface area contributed by atoms with E-state index in [0.29, 0.717) is 31.1 Å². The molecular weight excluding hydrogens is 342 g/mol.